The van der Waals surface area contributed by atoms with Gasteiger partial charge in [0.05, 0.1) is 6.04 Å². The second-order valence-corrected chi connectivity index (χ2v) is 4.49. The molecule has 4 heteroatoms. The van der Waals surface area contributed by atoms with Gasteiger partial charge < -0.3 is 10.4 Å². The molecular formula is C11H14INO2. The van der Waals surface area contributed by atoms with Gasteiger partial charge in [-0.3, -0.25) is 4.79 Å². The monoisotopic (exact) mass is 319 g/mol. The molecule has 1 aromatic rings. The number of anilines is 1. The van der Waals surface area contributed by atoms with E-state index < -0.39 is 6.61 Å². The van der Waals surface area contributed by atoms with Crippen molar-refractivity contribution in [1.82, 2.24) is 0 Å². The highest BCUT2D eigenvalue weighted by molar-refractivity contribution is 14.1. The van der Waals surface area contributed by atoms with E-state index in [-0.39, 0.29) is 11.8 Å². The van der Waals surface area contributed by atoms with Crippen molar-refractivity contribution in [2.45, 2.75) is 19.4 Å². The van der Waals surface area contributed by atoms with Crippen LogP contribution in [0.4, 0.5) is 5.69 Å². The summed E-state index contributed by atoms with van der Waals surface area (Å²) in [4.78, 5) is 11.3. The number of halogens is 1. The molecule has 0 radical (unpaired) electrons. The molecule has 0 aliphatic rings. The van der Waals surface area contributed by atoms with Crippen LogP contribution in [0.15, 0.2) is 24.3 Å². The van der Waals surface area contributed by atoms with E-state index in [0.717, 1.165) is 9.26 Å². The average Bonchev–Trinajstić information content (AvgIpc) is 2.25. The first-order valence-electron chi connectivity index (χ1n) is 4.83. The molecule has 0 bridgehead atoms. The van der Waals surface area contributed by atoms with E-state index in [4.69, 9.17) is 5.11 Å². The first kappa shape index (κ1) is 12.4. The Bertz CT molecular complexity index is 341. The molecule has 1 atom stereocenters. The highest BCUT2D eigenvalue weighted by atomic mass is 127. The number of ketones is 1. The summed E-state index contributed by atoms with van der Waals surface area (Å²) < 4.78 is 1.11. The zero-order valence-corrected chi connectivity index (χ0v) is 10.7. The summed E-state index contributed by atoms with van der Waals surface area (Å²) in [6, 6.07) is 7.50. The van der Waals surface area contributed by atoms with Crippen molar-refractivity contribution in [3.63, 3.8) is 0 Å². The van der Waals surface area contributed by atoms with E-state index in [2.05, 4.69) is 27.9 Å². The van der Waals surface area contributed by atoms with Crippen LogP contribution in [0.1, 0.15) is 13.3 Å². The Morgan fingerprint density at radius 2 is 2.33 bits per heavy atom. The number of nitrogens with one attached hydrogen (secondary N) is 1. The average molecular weight is 319 g/mol. The van der Waals surface area contributed by atoms with Crippen LogP contribution in [0.25, 0.3) is 0 Å². The number of Topliss-reactive ketones (excluding diaryl/α,β-unsaturated/α-hetero) is 1. The lowest BCUT2D eigenvalue weighted by molar-refractivity contribution is -0.122. The van der Waals surface area contributed by atoms with E-state index in [1.807, 2.05) is 31.2 Å². The summed E-state index contributed by atoms with van der Waals surface area (Å²) in [6.07, 6.45) is 0.671. The number of hydrogen-bond acceptors (Lipinski definition) is 3. The second-order valence-electron chi connectivity index (χ2n) is 3.24. The van der Waals surface area contributed by atoms with E-state index in [1.54, 1.807) is 0 Å². The van der Waals surface area contributed by atoms with Crippen LogP contribution in [-0.4, -0.2) is 23.5 Å². The zero-order chi connectivity index (χ0) is 11.3. The van der Waals surface area contributed by atoms with Crippen molar-refractivity contribution in [2.24, 2.45) is 0 Å². The lowest BCUT2D eigenvalue weighted by Gasteiger charge is -2.16. The number of aliphatic hydroxyl groups excluding tert-OH is 1. The molecule has 1 unspecified atom stereocenters. The van der Waals surface area contributed by atoms with Crippen molar-refractivity contribution >= 4 is 34.1 Å². The molecule has 15 heavy (non-hydrogen) atoms. The molecular weight excluding hydrogens is 305 g/mol. The maximum atomic E-state index is 11.3. The smallest absolute Gasteiger partial charge is 0.180 e. The van der Waals surface area contributed by atoms with E-state index in [1.165, 1.54) is 0 Å². The van der Waals surface area contributed by atoms with Gasteiger partial charge in [-0.1, -0.05) is 13.0 Å². The summed E-state index contributed by atoms with van der Waals surface area (Å²) in [5.74, 6) is -0.170. The lowest BCUT2D eigenvalue weighted by atomic mass is 10.1. The molecule has 0 heterocycles. The van der Waals surface area contributed by atoms with Crippen molar-refractivity contribution in [3.05, 3.63) is 27.8 Å². The van der Waals surface area contributed by atoms with Crippen molar-refractivity contribution < 1.29 is 9.90 Å². The molecule has 1 rings (SSSR count). The van der Waals surface area contributed by atoms with Gasteiger partial charge in [0.2, 0.25) is 0 Å². The molecule has 0 saturated carbocycles. The van der Waals surface area contributed by atoms with Gasteiger partial charge in [0.1, 0.15) is 6.61 Å². The molecule has 0 aliphatic heterocycles. The van der Waals surface area contributed by atoms with Crippen molar-refractivity contribution in [1.29, 1.82) is 0 Å². The van der Waals surface area contributed by atoms with E-state index in [9.17, 15) is 4.79 Å². The molecule has 0 spiro atoms. The summed E-state index contributed by atoms with van der Waals surface area (Å²) >= 11 is 2.22. The fraction of sp³-hybridized carbons (Fsp3) is 0.364. The van der Waals surface area contributed by atoms with Crippen LogP contribution in [-0.2, 0) is 4.79 Å². The molecule has 2 N–H and O–H groups in total. The third-order valence-corrected chi connectivity index (χ3v) is 2.79. The van der Waals surface area contributed by atoms with Crippen LogP contribution in [0.2, 0.25) is 0 Å². The normalized spacial score (nSPS) is 12.2. The number of carbonyl (C=O) groups excluding carboxylic acids is 1. The molecule has 0 aliphatic carbocycles. The third-order valence-electron chi connectivity index (χ3n) is 2.12. The third kappa shape index (κ3) is 3.79. The Hall–Kier alpha value is -0.620. The fourth-order valence-corrected chi connectivity index (χ4v) is 1.84. The van der Waals surface area contributed by atoms with Gasteiger partial charge >= 0.3 is 0 Å². The van der Waals surface area contributed by atoms with Gasteiger partial charge in [0.25, 0.3) is 0 Å². The van der Waals surface area contributed by atoms with Gasteiger partial charge in [0.15, 0.2) is 5.78 Å². The van der Waals surface area contributed by atoms with E-state index in [0.29, 0.717) is 6.42 Å². The molecule has 82 valence electrons. The second kappa shape index (κ2) is 6.07. The standard InChI is InChI=1S/C11H14INO2/c1-2-10(11(15)7-14)13-9-5-3-4-8(12)6-9/h3-6,10,13-14H,2,7H2,1H3. The van der Waals surface area contributed by atoms with Crippen molar-refractivity contribution in [2.75, 3.05) is 11.9 Å². The molecule has 0 saturated heterocycles. The molecule has 1 aromatic carbocycles. The van der Waals surface area contributed by atoms with Crippen LogP contribution >= 0.6 is 22.6 Å². The van der Waals surface area contributed by atoms with Crippen molar-refractivity contribution in [3.8, 4) is 0 Å². The lowest BCUT2D eigenvalue weighted by Crippen LogP contribution is -2.31. The zero-order valence-electron chi connectivity index (χ0n) is 8.53. The number of aliphatic hydroxyl groups is 1. The minimum absolute atomic E-state index is 0.170. The van der Waals surface area contributed by atoms with Gasteiger partial charge in [-0.2, -0.15) is 0 Å². The highest BCUT2D eigenvalue weighted by Crippen LogP contribution is 2.14. The quantitative estimate of drug-likeness (QED) is 0.817. The number of hydrogen-bond donors (Lipinski definition) is 2. The minimum atomic E-state index is -0.407. The summed E-state index contributed by atoms with van der Waals surface area (Å²) in [5.41, 5.74) is 0.913. The topological polar surface area (TPSA) is 49.3 Å². The first-order chi connectivity index (χ1) is 7.17. The summed E-state index contributed by atoms with van der Waals surface area (Å²) in [6.45, 7) is 1.51. The molecule has 3 nitrogen and oxygen atoms in total. The summed E-state index contributed by atoms with van der Waals surface area (Å²) in [7, 11) is 0. The number of carbonyl (C=O) groups is 1. The van der Waals surface area contributed by atoms with Gasteiger partial charge in [0, 0.05) is 9.26 Å². The van der Waals surface area contributed by atoms with Crippen LogP contribution < -0.4 is 5.32 Å². The van der Waals surface area contributed by atoms with Gasteiger partial charge in [-0.05, 0) is 47.2 Å². The maximum Gasteiger partial charge on any atom is 0.180 e. The predicted octanol–water partition coefficient (Wildman–Crippen LogP) is 2.04. The van der Waals surface area contributed by atoms with Crippen LogP contribution in [0.5, 0.6) is 0 Å². The Morgan fingerprint density at radius 3 is 2.87 bits per heavy atom. The predicted molar refractivity (Wildman–Crippen MR) is 69.0 cm³/mol. The van der Waals surface area contributed by atoms with E-state index >= 15 is 0 Å². The minimum Gasteiger partial charge on any atom is -0.389 e. The Morgan fingerprint density at radius 1 is 1.60 bits per heavy atom. The van der Waals surface area contributed by atoms with Crippen LogP contribution in [0.3, 0.4) is 0 Å². The SMILES string of the molecule is CCC(Nc1cccc(I)c1)C(=O)CO. The van der Waals surface area contributed by atoms with Gasteiger partial charge in [-0.15, -0.1) is 0 Å². The molecule has 0 amide bonds. The Labute approximate surface area is 103 Å². The largest absolute Gasteiger partial charge is 0.389 e. The molecule has 0 aromatic heterocycles. The summed E-state index contributed by atoms with van der Waals surface area (Å²) in [5, 5.41) is 11.9. The maximum absolute atomic E-state index is 11.3. The first-order valence-corrected chi connectivity index (χ1v) is 5.91. The van der Waals surface area contributed by atoms with Gasteiger partial charge in [-0.25, -0.2) is 0 Å². The fourth-order valence-electron chi connectivity index (χ4n) is 1.30. The number of rotatable bonds is 5. The number of benzene rings is 1. The highest BCUT2D eigenvalue weighted by Gasteiger charge is 2.14. The Kier molecular flexibility index (Phi) is 5.04. The molecule has 0 fully saturated rings. The van der Waals surface area contributed by atoms with Crippen LogP contribution in [0, 0.1) is 3.57 Å². The Balaban J connectivity index is 2.70.